The molecule has 0 amide bonds. The lowest BCUT2D eigenvalue weighted by Crippen LogP contribution is -2.04. The van der Waals surface area contributed by atoms with Gasteiger partial charge in [0.15, 0.2) is 0 Å². The van der Waals surface area contributed by atoms with E-state index in [-0.39, 0.29) is 6.42 Å². The van der Waals surface area contributed by atoms with Crippen LogP contribution < -0.4 is 4.74 Å². The summed E-state index contributed by atoms with van der Waals surface area (Å²) in [7, 11) is 0. The normalized spacial score (nSPS) is 11.3. The van der Waals surface area contributed by atoms with E-state index in [9.17, 15) is 4.79 Å². The van der Waals surface area contributed by atoms with Gasteiger partial charge in [-0.15, -0.1) is 0 Å². The van der Waals surface area contributed by atoms with E-state index in [4.69, 9.17) is 14.3 Å². The van der Waals surface area contributed by atoms with Crippen LogP contribution in [0.15, 0.2) is 77.4 Å². The number of aryl methyl sites for hydroxylation is 1. The number of hydrogen-bond donors (Lipinski definition) is 2. The van der Waals surface area contributed by atoms with Gasteiger partial charge in [-0.2, -0.15) is 0 Å². The Bertz CT molecular complexity index is 1450. The average Bonchev–Trinajstić information content (AvgIpc) is 3.44. The Hall–Kier alpha value is -3.99. The van der Waals surface area contributed by atoms with Crippen LogP contribution in [0, 0.1) is 0 Å². The average molecular weight is 454 g/mol. The first-order chi connectivity index (χ1) is 16.6. The highest BCUT2D eigenvalue weighted by Crippen LogP contribution is 2.37. The van der Waals surface area contributed by atoms with Gasteiger partial charge in [-0.3, -0.25) is 4.79 Å². The van der Waals surface area contributed by atoms with E-state index in [0.29, 0.717) is 6.61 Å². The Morgan fingerprint density at radius 1 is 1.03 bits per heavy atom. The number of benzene rings is 3. The maximum absolute atomic E-state index is 11.0. The summed E-state index contributed by atoms with van der Waals surface area (Å²) in [5, 5.41) is 11.1. The lowest BCUT2D eigenvalue weighted by atomic mass is 10.0. The molecule has 34 heavy (non-hydrogen) atoms. The SMILES string of the molecule is CCCc1c(OCCc2cc3cc(CC(=O)O)ccc3[nH]2)ccc2c(-c3ccccc3)coc12. The second-order valence-electron chi connectivity index (χ2n) is 8.57. The summed E-state index contributed by atoms with van der Waals surface area (Å²) in [6, 6.07) is 22.2. The molecule has 0 spiro atoms. The number of furan rings is 1. The highest BCUT2D eigenvalue weighted by atomic mass is 16.5. The number of carboxylic acid groups (broad SMARTS) is 1. The molecule has 0 saturated carbocycles. The Balaban J connectivity index is 1.34. The fourth-order valence-corrected chi connectivity index (χ4v) is 4.53. The topological polar surface area (TPSA) is 75.5 Å². The molecule has 2 aromatic heterocycles. The van der Waals surface area contributed by atoms with Crippen LogP contribution in [0.25, 0.3) is 33.0 Å². The molecule has 0 saturated heterocycles. The van der Waals surface area contributed by atoms with Crippen LogP contribution in [0.4, 0.5) is 0 Å². The van der Waals surface area contributed by atoms with E-state index in [1.54, 1.807) is 0 Å². The van der Waals surface area contributed by atoms with Gasteiger partial charge in [-0.25, -0.2) is 0 Å². The minimum Gasteiger partial charge on any atom is -0.493 e. The predicted octanol–water partition coefficient (Wildman–Crippen LogP) is 6.78. The highest BCUT2D eigenvalue weighted by Gasteiger charge is 2.16. The first kappa shape index (κ1) is 21.8. The van der Waals surface area contributed by atoms with Crippen LogP contribution in [0.3, 0.4) is 0 Å². The van der Waals surface area contributed by atoms with Gasteiger partial charge in [-0.05, 0) is 53.3 Å². The number of hydrogen-bond acceptors (Lipinski definition) is 3. The number of aromatic amines is 1. The first-order valence-corrected chi connectivity index (χ1v) is 11.7. The molecule has 0 radical (unpaired) electrons. The standard InChI is InChI=1S/C29H27NO4/c1-2-6-24-27(12-10-23-25(18-34-29(23)24)20-7-4-3-5-8-20)33-14-13-22-17-21-15-19(16-28(31)32)9-11-26(21)30-22/h3-5,7-12,15,17-18,30H,2,6,13-14,16H2,1H3,(H,31,32). The zero-order chi connectivity index (χ0) is 23.5. The van der Waals surface area contributed by atoms with E-state index < -0.39 is 5.97 Å². The summed E-state index contributed by atoms with van der Waals surface area (Å²) in [5.41, 5.74) is 7.10. The quantitative estimate of drug-likeness (QED) is 0.258. The number of fused-ring (bicyclic) bond motifs is 2. The minimum absolute atomic E-state index is 0.0288. The number of aromatic nitrogens is 1. The van der Waals surface area contributed by atoms with Crippen LogP contribution in [0.5, 0.6) is 5.75 Å². The van der Waals surface area contributed by atoms with Gasteiger partial charge < -0.3 is 19.2 Å². The van der Waals surface area contributed by atoms with E-state index in [2.05, 4.69) is 42.2 Å². The van der Waals surface area contributed by atoms with E-state index >= 15 is 0 Å². The summed E-state index contributed by atoms with van der Waals surface area (Å²) in [6.07, 6.45) is 4.47. The third-order valence-electron chi connectivity index (χ3n) is 6.11. The second kappa shape index (κ2) is 9.48. The number of nitrogens with one attached hydrogen (secondary N) is 1. The number of rotatable bonds is 9. The monoisotopic (exact) mass is 453 g/mol. The molecular weight excluding hydrogens is 426 g/mol. The van der Waals surface area contributed by atoms with Crippen molar-refractivity contribution in [3.8, 4) is 16.9 Å². The molecule has 5 rings (SSSR count). The van der Waals surface area contributed by atoms with Crippen molar-refractivity contribution in [3.63, 3.8) is 0 Å². The Kier molecular flexibility index (Phi) is 6.09. The fraction of sp³-hybridized carbons (Fsp3) is 0.207. The summed E-state index contributed by atoms with van der Waals surface area (Å²) in [5.74, 6) is 0.0407. The molecule has 2 N–H and O–H groups in total. The number of aliphatic carboxylic acids is 1. The van der Waals surface area contributed by atoms with E-state index in [1.807, 2.05) is 42.7 Å². The van der Waals surface area contributed by atoms with Gasteiger partial charge in [0, 0.05) is 34.1 Å². The van der Waals surface area contributed by atoms with E-state index in [0.717, 1.165) is 74.8 Å². The zero-order valence-electron chi connectivity index (χ0n) is 19.1. The molecule has 0 fully saturated rings. The molecule has 0 aliphatic heterocycles. The minimum atomic E-state index is -0.823. The molecule has 0 aliphatic rings. The molecule has 5 aromatic rings. The molecule has 5 heteroatoms. The van der Waals surface area contributed by atoms with Crippen molar-refractivity contribution in [1.82, 2.24) is 4.98 Å². The fourth-order valence-electron chi connectivity index (χ4n) is 4.53. The van der Waals surface area contributed by atoms with Crippen LogP contribution in [0.2, 0.25) is 0 Å². The molecule has 0 unspecified atom stereocenters. The maximum atomic E-state index is 11.0. The van der Waals surface area contributed by atoms with Gasteiger partial charge in [-0.1, -0.05) is 49.7 Å². The summed E-state index contributed by atoms with van der Waals surface area (Å²) in [6.45, 7) is 2.69. The van der Waals surface area contributed by atoms with Crippen molar-refractivity contribution in [2.45, 2.75) is 32.6 Å². The lowest BCUT2D eigenvalue weighted by Gasteiger charge is -2.12. The third kappa shape index (κ3) is 4.42. The van der Waals surface area contributed by atoms with Crippen LogP contribution in [0.1, 0.15) is 30.2 Å². The van der Waals surface area contributed by atoms with Crippen LogP contribution >= 0.6 is 0 Å². The number of ether oxygens (including phenoxy) is 1. The molecule has 3 aromatic carbocycles. The van der Waals surface area contributed by atoms with Crippen molar-refractivity contribution in [3.05, 3.63) is 89.8 Å². The molecule has 0 aliphatic carbocycles. The van der Waals surface area contributed by atoms with Gasteiger partial charge in [0.1, 0.15) is 11.3 Å². The van der Waals surface area contributed by atoms with Crippen molar-refractivity contribution < 1.29 is 19.1 Å². The van der Waals surface area contributed by atoms with Crippen LogP contribution in [-0.4, -0.2) is 22.7 Å². The van der Waals surface area contributed by atoms with Gasteiger partial charge in [0.2, 0.25) is 0 Å². The number of H-pyrrole nitrogens is 1. The maximum Gasteiger partial charge on any atom is 0.307 e. The van der Waals surface area contributed by atoms with Gasteiger partial charge in [0.05, 0.1) is 19.3 Å². The van der Waals surface area contributed by atoms with E-state index in [1.165, 1.54) is 0 Å². The Morgan fingerprint density at radius 3 is 2.68 bits per heavy atom. The Labute approximate surface area is 198 Å². The van der Waals surface area contributed by atoms with Crippen LogP contribution in [-0.2, 0) is 24.1 Å². The zero-order valence-corrected chi connectivity index (χ0v) is 19.1. The van der Waals surface area contributed by atoms with Crippen molar-refractivity contribution in [1.29, 1.82) is 0 Å². The molecular formula is C29H27NO4. The van der Waals surface area contributed by atoms with Gasteiger partial charge >= 0.3 is 5.97 Å². The van der Waals surface area contributed by atoms with Gasteiger partial charge in [0.25, 0.3) is 0 Å². The van der Waals surface area contributed by atoms with Crippen molar-refractivity contribution in [2.24, 2.45) is 0 Å². The number of carboxylic acids is 1. The largest absolute Gasteiger partial charge is 0.493 e. The molecule has 0 bridgehead atoms. The first-order valence-electron chi connectivity index (χ1n) is 11.7. The smallest absolute Gasteiger partial charge is 0.307 e. The Morgan fingerprint density at radius 2 is 1.88 bits per heavy atom. The summed E-state index contributed by atoms with van der Waals surface area (Å²) in [4.78, 5) is 14.4. The predicted molar refractivity (Wildman–Crippen MR) is 134 cm³/mol. The number of carbonyl (C=O) groups is 1. The van der Waals surface area contributed by atoms with Crippen molar-refractivity contribution >= 4 is 27.8 Å². The summed E-state index contributed by atoms with van der Waals surface area (Å²) < 4.78 is 12.3. The summed E-state index contributed by atoms with van der Waals surface area (Å²) >= 11 is 0. The molecule has 0 atom stereocenters. The molecule has 172 valence electrons. The highest BCUT2D eigenvalue weighted by molar-refractivity contribution is 5.96. The lowest BCUT2D eigenvalue weighted by molar-refractivity contribution is -0.136. The van der Waals surface area contributed by atoms with Crippen molar-refractivity contribution in [2.75, 3.05) is 6.61 Å². The second-order valence-corrected chi connectivity index (χ2v) is 8.57. The molecule has 2 heterocycles. The third-order valence-corrected chi connectivity index (χ3v) is 6.11. The molecule has 5 nitrogen and oxygen atoms in total.